The molecule has 3 rings (SSSR count). The van der Waals surface area contributed by atoms with Crippen LogP contribution < -0.4 is 10.6 Å². The number of nitriles is 1. The molecule has 0 radical (unpaired) electrons. The molecule has 2 aromatic rings. The smallest absolute Gasteiger partial charge is 0.321 e. The molecule has 0 spiro atoms. The van der Waals surface area contributed by atoms with Gasteiger partial charge in [-0.2, -0.15) is 5.26 Å². The summed E-state index contributed by atoms with van der Waals surface area (Å²) in [5.41, 5.74) is 2.19. The Balaban J connectivity index is 1.51. The number of urea groups is 1. The van der Waals surface area contributed by atoms with Crippen LogP contribution in [0.3, 0.4) is 0 Å². The van der Waals surface area contributed by atoms with Crippen molar-refractivity contribution < 1.29 is 4.79 Å². The first-order chi connectivity index (χ1) is 11.7. The fourth-order valence-corrected chi connectivity index (χ4v) is 2.78. The molecule has 0 bridgehead atoms. The van der Waals surface area contributed by atoms with E-state index in [0.29, 0.717) is 30.4 Å². The number of aromatic nitrogens is 1. The number of carbonyl (C=O) groups excluding carboxylic acids is 1. The molecule has 6 nitrogen and oxygen atoms in total. The van der Waals surface area contributed by atoms with Crippen LogP contribution in [0.4, 0.5) is 16.2 Å². The second kappa shape index (κ2) is 7.47. The van der Waals surface area contributed by atoms with E-state index < -0.39 is 0 Å². The lowest BCUT2D eigenvalue weighted by molar-refractivity contribution is 0.197. The minimum absolute atomic E-state index is 0.120. The van der Waals surface area contributed by atoms with Gasteiger partial charge < -0.3 is 15.5 Å². The molecular formula is C18H19N5O. The van der Waals surface area contributed by atoms with E-state index in [1.165, 1.54) is 0 Å². The van der Waals surface area contributed by atoms with Crippen molar-refractivity contribution in [2.75, 3.05) is 23.7 Å². The number of likely N-dealkylation sites (tertiary alicyclic amines) is 1. The van der Waals surface area contributed by atoms with Crippen molar-refractivity contribution in [3.63, 3.8) is 0 Å². The first-order valence-electron chi connectivity index (χ1n) is 7.97. The molecular weight excluding hydrogens is 302 g/mol. The van der Waals surface area contributed by atoms with Crippen LogP contribution in [0.25, 0.3) is 0 Å². The maximum atomic E-state index is 12.3. The number of hydrogen-bond acceptors (Lipinski definition) is 4. The van der Waals surface area contributed by atoms with Crippen LogP contribution in [0.15, 0.2) is 48.8 Å². The molecule has 0 unspecified atom stereocenters. The fraction of sp³-hybridized carbons (Fsp3) is 0.278. The Bertz CT molecular complexity index is 733. The quantitative estimate of drug-likeness (QED) is 0.910. The van der Waals surface area contributed by atoms with Crippen molar-refractivity contribution in [1.29, 1.82) is 5.26 Å². The number of carbonyl (C=O) groups is 1. The van der Waals surface area contributed by atoms with E-state index in [4.69, 9.17) is 5.26 Å². The maximum Gasteiger partial charge on any atom is 0.321 e. The minimum atomic E-state index is -0.120. The van der Waals surface area contributed by atoms with Gasteiger partial charge in [-0.05, 0) is 43.2 Å². The number of rotatable bonds is 3. The second-order valence-electron chi connectivity index (χ2n) is 5.77. The van der Waals surface area contributed by atoms with Gasteiger partial charge in [-0.1, -0.05) is 6.07 Å². The van der Waals surface area contributed by atoms with Crippen LogP contribution in [0.1, 0.15) is 18.4 Å². The third kappa shape index (κ3) is 4.02. The number of nitrogens with one attached hydrogen (secondary N) is 2. The van der Waals surface area contributed by atoms with E-state index in [-0.39, 0.29) is 6.03 Å². The SMILES string of the molecule is N#Cc1cccc(NC(=O)N2CCC(Nc3cccnc3)CC2)c1. The van der Waals surface area contributed by atoms with E-state index in [1.54, 1.807) is 41.6 Å². The summed E-state index contributed by atoms with van der Waals surface area (Å²) in [5.74, 6) is 0. The number of benzene rings is 1. The topological polar surface area (TPSA) is 81.0 Å². The number of pyridine rings is 1. The first kappa shape index (κ1) is 15.8. The van der Waals surface area contributed by atoms with Gasteiger partial charge in [-0.3, -0.25) is 4.98 Å². The number of nitrogens with zero attached hydrogens (tertiary/aromatic N) is 3. The molecule has 1 aromatic heterocycles. The molecule has 2 amide bonds. The Morgan fingerprint density at radius 2 is 2.00 bits per heavy atom. The lowest BCUT2D eigenvalue weighted by Gasteiger charge is -2.32. The van der Waals surface area contributed by atoms with Gasteiger partial charge in [0.2, 0.25) is 0 Å². The lowest BCUT2D eigenvalue weighted by atomic mass is 10.1. The predicted octanol–water partition coefficient (Wildman–Crippen LogP) is 3.06. The van der Waals surface area contributed by atoms with Crippen molar-refractivity contribution in [3.05, 3.63) is 54.4 Å². The molecule has 0 atom stereocenters. The summed E-state index contributed by atoms with van der Waals surface area (Å²) in [6, 6.07) is 13.1. The molecule has 2 N–H and O–H groups in total. The van der Waals surface area contributed by atoms with Gasteiger partial charge in [0.15, 0.2) is 0 Å². The van der Waals surface area contributed by atoms with E-state index in [1.807, 2.05) is 12.1 Å². The van der Waals surface area contributed by atoms with Crippen LogP contribution in [0.5, 0.6) is 0 Å². The standard InChI is InChI=1S/C18H19N5O/c19-12-14-3-1-4-16(11-14)22-18(24)23-9-6-15(7-10-23)21-17-5-2-8-20-13-17/h1-5,8,11,13,15,21H,6-7,9-10H2,(H,22,24). The third-order valence-corrected chi connectivity index (χ3v) is 4.06. The molecule has 0 saturated carbocycles. The summed E-state index contributed by atoms with van der Waals surface area (Å²) in [5, 5.41) is 15.2. The summed E-state index contributed by atoms with van der Waals surface area (Å²) in [7, 11) is 0. The van der Waals surface area contributed by atoms with Gasteiger partial charge in [-0.15, -0.1) is 0 Å². The van der Waals surface area contributed by atoms with Crippen molar-refractivity contribution in [3.8, 4) is 6.07 Å². The summed E-state index contributed by atoms with van der Waals surface area (Å²) in [6.07, 6.45) is 5.34. The van der Waals surface area contributed by atoms with Crippen LogP contribution in [0.2, 0.25) is 0 Å². The molecule has 2 heterocycles. The minimum Gasteiger partial charge on any atom is -0.381 e. The fourth-order valence-electron chi connectivity index (χ4n) is 2.78. The van der Waals surface area contributed by atoms with Crippen LogP contribution in [0, 0.1) is 11.3 Å². The van der Waals surface area contributed by atoms with Crippen LogP contribution in [-0.2, 0) is 0 Å². The van der Waals surface area contributed by atoms with Gasteiger partial charge in [0.05, 0.1) is 17.3 Å². The molecule has 1 aliphatic rings. The van der Waals surface area contributed by atoms with E-state index in [0.717, 1.165) is 18.5 Å². The first-order valence-corrected chi connectivity index (χ1v) is 7.97. The molecule has 1 saturated heterocycles. The molecule has 1 aromatic carbocycles. The van der Waals surface area contributed by atoms with E-state index in [2.05, 4.69) is 21.7 Å². The highest BCUT2D eigenvalue weighted by Gasteiger charge is 2.22. The zero-order valence-corrected chi connectivity index (χ0v) is 13.3. The molecule has 1 aliphatic heterocycles. The number of hydrogen-bond donors (Lipinski definition) is 2. The van der Waals surface area contributed by atoms with Gasteiger partial charge in [0.25, 0.3) is 0 Å². The monoisotopic (exact) mass is 321 g/mol. The zero-order chi connectivity index (χ0) is 16.8. The molecule has 122 valence electrons. The van der Waals surface area contributed by atoms with Crippen molar-refractivity contribution >= 4 is 17.4 Å². The highest BCUT2D eigenvalue weighted by Crippen LogP contribution is 2.17. The normalized spacial score (nSPS) is 14.7. The highest BCUT2D eigenvalue weighted by molar-refractivity contribution is 5.89. The van der Waals surface area contributed by atoms with E-state index >= 15 is 0 Å². The van der Waals surface area contributed by atoms with Gasteiger partial charge in [0, 0.05) is 37.2 Å². The zero-order valence-electron chi connectivity index (χ0n) is 13.3. The van der Waals surface area contributed by atoms with Gasteiger partial charge >= 0.3 is 6.03 Å². The van der Waals surface area contributed by atoms with Crippen molar-refractivity contribution in [2.24, 2.45) is 0 Å². The number of amides is 2. The van der Waals surface area contributed by atoms with E-state index in [9.17, 15) is 4.79 Å². The Morgan fingerprint density at radius 3 is 2.71 bits per heavy atom. The predicted molar refractivity (Wildman–Crippen MR) is 92.6 cm³/mol. The summed E-state index contributed by atoms with van der Waals surface area (Å²) in [4.78, 5) is 18.2. The average Bonchev–Trinajstić information content (AvgIpc) is 2.63. The van der Waals surface area contributed by atoms with Crippen molar-refractivity contribution in [1.82, 2.24) is 9.88 Å². The Kier molecular flexibility index (Phi) is 4.92. The van der Waals surface area contributed by atoms with Crippen LogP contribution in [-0.4, -0.2) is 35.0 Å². The average molecular weight is 321 g/mol. The molecule has 24 heavy (non-hydrogen) atoms. The van der Waals surface area contributed by atoms with Crippen LogP contribution >= 0.6 is 0 Å². The summed E-state index contributed by atoms with van der Waals surface area (Å²) >= 11 is 0. The lowest BCUT2D eigenvalue weighted by Crippen LogP contribution is -2.44. The largest absolute Gasteiger partial charge is 0.381 e. The summed E-state index contributed by atoms with van der Waals surface area (Å²) < 4.78 is 0. The maximum absolute atomic E-state index is 12.3. The highest BCUT2D eigenvalue weighted by atomic mass is 16.2. The van der Waals surface area contributed by atoms with Gasteiger partial charge in [0.1, 0.15) is 0 Å². The summed E-state index contributed by atoms with van der Waals surface area (Å²) in [6.45, 7) is 1.39. The molecule has 6 heteroatoms. The Hall–Kier alpha value is -3.07. The third-order valence-electron chi connectivity index (χ3n) is 4.06. The van der Waals surface area contributed by atoms with Gasteiger partial charge in [-0.25, -0.2) is 4.79 Å². The Labute approximate surface area is 141 Å². The Morgan fingerprint density at radius 1 is 1.21 bits per heavy atom. The second-order valence-corrected chi connectivity index (χ2v) is 5.77. The molecule has 1 fully saturated rings. The van der Waals surface area contributed by atoms with Crippen molar-refractivity contribution in [2.45, 2.75) is 18.9 Å². The molecule has 0 aliphatic carbocycles. The number of anilines is 2. The number of piperidine rings is 1.